The molecule has 0 aromatic heterocycles. The summed E-state index contributed by atoms with van der Waals surface area (Å²) in [5.41, 5.74) is 3.36. The van der Waals surface area contributed by atoms with Crippen molar-refractivity contribution >= 4 is 0 Å². The minimum absolute atomic E-state index is 0.0736. The summed E-state index contributed by atoms with van der Waals surface area (Å²) in [5.74, 6) is 0.0931. The highest BCUT2D eigenvalue weighted by molar-refractivity contribution is 5.51. The molecule has 2 nitrogen and oxygen atoms in total. The number of allylic oxidation sites excluding steroid dienone is 6. The van der Waals surface area contributed by atoms with Crippen molar-refractivity contribution in [1.29, 1.82) is 10.5 Å². The fraction of sp³-hybridized carbons (Fsp3) is 0.300. The first-order chi connectivity index (χ1) is 10.6. The monoisotopic (exact) mass is 286 g/mol. The minimum atomic E-state index is -1.07. The zero-order valence-corrected chi connectivity index (χ0v) is 12.9. The molecule has 2 unspecified atom stereocenters. The molecule has 1 fully saturated rings. The lowest BCUT2D eigenvalue weighted by molar-refractivity contribution is 0.528. The van der Waals surface area contributed by atoms with Crippen LogP contribution in [-0.4, -0.2) is 0 Å². The van der Waals surface area contributed by atoms with Gasteiger partial charge in [0.1, 0.15) is 0 Å². The van der Waals surface area contributed by atoms with Crippen molar-refractivity contribution in [3.8, 4) is 12.1 Å². The van der Waals surface area contributed by atoms with Crippen molar-refractivity contribution < 1.29 is 0 Å². The highest BCUT2D eigenvalue weighted by Crippen LogP contribution is 2.56. The summed E-state index contributed by atoms with van der Waals surface area (Å²) in [6, 6.07) is 11.0. The first kappa shape index (κ1) is 14.4. The molecule has 0 radical (unpaired) electrons. The van der Waals surface area contributed by atoms with Gasteiger partial charge in [-0.15, -0.1) is 0 Å². The topological polar surface area (TPSA) is 47.6 Å². The molecule has 0 amide bonds. The molecule has 0 spiro atoms. The Morgan fingerprint density at radius 3 is 2.55 bits per heavy atom. The van der Waals surface area contributed by atoms with Crippen molar-refractivity contribution in [3.05, 3.63) is 70.8 Å². The Bertz CT molecular complexity index is 767. The molecule has 1 aromatic rings. The molecule has 1 saturated carbocycles. The van der Waals surface area contributed by atoms with Crippen molar-refractivity contribution in [3.63, 3.8) is 0 Å². The second-order valence-corrected chi connectivity index (χ2v) is 6.18. The average Bonchev–Trinajstić information content (AvgIpc) is 2.65. The Morgan fingerprint density at radius 1 is 1.09 bits per heavy atom. The molecule has 0 heterocycles. The lowest BCUT2D eigenvalue weighted by Gasteiger charge is -2.24. The molecule has 2 heteroatoms. The standard InChI is InChI=1S/C20H18N2/c1-14-8-9-17(15(2)10-14)19-11-16-6-4-3-5-7-18(16)20(19,12-21)13-22/h3-10,16,19H,11H2,1-2H3. The first-order valence-electron chi connectivity index (χ1n) is 7.57. The molecule has 0 aliphatic heterocycles. The number of hydrogen-bond acceptors (Lipinski definition) is 2. The van der Waals surface area contributed by atoms with Gasteiger partial charge in [0.15, 0.2) is 5.41 Å². The Morgan fingerprint density at radius 2 is 1.86 bits per heavy atom. The predicted molar refractivity (Wildman–Crippen MR) is 86.8 cm³/mol. The summed E-state index contributed by atoms with van der Waals surface area (Å²) in [7, 11) is 0. The summed E-state index contributed by atoms with van der Waals surface area (Å²) in [6.45, 7) is 4.13. The first-order valence-corrected chi connectivity index (χ1v) is 7.57. The van der Waals surface area contributed by atoms with E-state index in [0.717, 1.165) is 23.1 Å². The van der Waals surface area contributed by atoms with Crippen LogP contribution >= 0.6 is 0 Å². The second kappa shape index (κ2) is 5.32. The third kappa shape index (κ3) is 2.00. The van der Waals surface area contributed by atoms with Gasteiger partial charge < -0.3 is 0 Å². The predicted octanol–water partition coefficient (Wildman–Crippen LogP) is 4.49. The van der Waals surface area contributed by atoms with Crippen LogP contribution < -0.4 is 0 Å². The van der Waals surface area contributed by atoms with Crippen LogP contribution in [0.4, 0.5) is 0 Å². The molecular weight excluding hydrogens is 268 g/mol. The molecule has 22 heavy (non-hydrogen) atoms. The van der Waals surface area contributed by atoms with Crippen LogP contribution in [-0.2, 0) is 0 Å². The average molecular weight is 286 g/mol. The zero-order valence-electron chi connectivity index (χ0n) is 12.9. The van der Waals surface area contributed by atoms with E-state index in [2.05, 4.69) is 50.3 Å². The molecule has 0 N–H and O–H groups in total. The van der Waals surface area contributed by atoms with Gasteiger partial charge in [-0.25, -0.2) is 0 Å². The highest BCUT2D eigenvalue weighted by atomic mass is 14.5. The Labute approximate surface area is 131 Å². The van der Waals surface area contributed by atoms with E-state index in [4.69, 9.17) is 0 Å². The molecule has 2 aliphatic rings. The van der Waals surface area contributed by atoms with Crippen LogP contribution in [0.1, 0.15) is 29.0 Å². The van der Waals surface area contributed by atoms with E-state index in [0.29, 0.717) is 0 Å². The van der Waals surface area contributed by atoms with Crippen molar-refractivity contribution in [2.75, 3.05) is 0 Å². The van der Waals surface area contributed by atoms with Gasteiger partial charge in [0.25, 0.3) is 0 Å². The summed E-state index contributed by atoms with van der Waals surface area (Å²) < 4.78 is 0. The van der Waals surface area contributed by atoms with Crippen LogP contribution in [0.3, 0.4) is 0 Å². The lowest BCUT2D eigenvalue weighted by Crippen LogP contribution is -2.23. The number of nitrogens with zero attached hydrogens (tertiary/aromatic N) is 2. The number of hydrogen-bond donors (Lipinski definition) is 0. The maximum Gasteiger partial charge on any atom is 0.172 e. The van der Waals surface area contributed by atoms with Gasteiger partial charge in [0.05, 0.1) is 12.1 Å². The Kier molecular flexibility index (Phi) is 3.47. The van der Waals surface area contributed by atoms with Gasteiger partial charge in [-0.2, -0.15) is 10.5 Å². The molecule has 2 atom stereocenters. The summed E-state index contributed by atoms with van der Waals surface area (Å²) in [5, 5.41) is 19.7. The molecule has 2 aliphatic carbocycles. The van der Waals surface area contributed by atoms with Crippen molar-refractivity contribution in [2.24, 2.45) is 11.3 Å². The minimum Gasteiger partial charge on any atom is -0.196 e. The molecule has 0 saturated heterocycles. The number of nitriles is 2. The van der Waals surface area contributed by atoms with E-state index in [1.165, 1.54) is 5.56 Å². The third-order valence-electron chi connectivity index (χ3n) is 4.86. The van der Waals surface area contributed by atoms with Gasteiger partial charge in [0.2, 0.25) is 0 Å². The molecular formula is C20H18N2. The van der Waals surface area contributed by atoms with E-state index in [1.54, 1.807) is 0 Å². The van der Waals surface area contributed by atoms with E-state index in [9.17, 15) is 10.5 Å². The van der Waals surface area contributed by atoms with Crippen molar-refractivity contribution in [2.45, 2.75) is 26.2 Å². The van der Waals surface area contributed by atoms with E-state index in [-0.39, 0.29) is 11.8 Å². The normalized spacial score (nSPS) is 24.8. The molecule has 0 bridgehead atoms. The van der Waals surface area contributed by atoms with Crippen LogP contribution in [0.15, 0.2) is 54.2 Å². The van der Waals surface area contributed by atoms with Gasteiger partial charge in [0, 0.05) is 11.8 Å². The van der Waals surface area contributed by atoms with Crippen LogP contribution in [0, 0.1) is 47.8 Å². The molecule has 108 valence electrons. The lowest BCUT2D eigenvalue weighted by atomic mass is 9.73. The maximum atomic E-state index is 9.86. The van der Waals surface area contributed by atoms with E-state index in [1.807, 2.05) is 24.3 Å². The summed E-state index contributed by atoms with van der Waals surface area (Å²) in [6.07, 6.45) is 10.8. The Hall–Kier alpha value is -2.58. The SMILES string of the molecule is Cc1ccc(C2CC3C=CC=CC=C3C2(C#N)C#N)c(C)c1. The van der Waals surface area contributed by atoms with Gasteiger partial charge in [-0.1, -0.05) is 54.1 Å². The summed E-state index contributed by atoms with van der Waals surface area (Å²) >= 11 is 0. The third-order valence-corrected chi connectivity index (χ3v) is 4.86. The fourth-order valence-electron chi connectivity index (χ4n) is 3.80. The number of fused-ring (bicyclic) bond motifs is 1. The summed E-state index contributed by atoms with van der Waals surface area (Å²) in [4.78, 5) is 0. The molecule has 1 aromatic carbocycles. The van der Waals surface area contributed by atoms with Crippen LogP contribution in [0.2, 0.25) is 0 Å². The Balaban J connectivity index is 2.18. The van der Waals surface area contributed by atoms with Gasteiger partial charge >= 0.3 is 0 Å². The highest BCUT2D eigenvalue weighted by Gasteiger charge is 2.52. The van der Waals surface area contributed by atoms with E-state index < -0.39 is 5.41 Å². The van der Waals surface area contributed by atoms with Crippen molar-refractivity contribution in [1.82, 2.24) is 0 Å². The second-order valence-electron chi connectivity index (χ2n) is 6.18. The molecule has 3 rings (SSSR count). The fourth-order valence-corrected chi connectivity index (χ4v) is 3.80. The van der Waals surface area contributed by atoms with Crippen LogP contribution in [0.5, 0.6) is 0 Å². The zero-order chi connectivity index (χ0) is 15.7. The van der Waals surface area contributed by atoms with Gasteiger partial charge in [-0.3, -0.25) is 0 Å². The van der Waals surface area contributed by atoms with Gasteiger partial charge in [-0.05, 0) is 37.0 Å². The van der Waals surface area contributed by atoms with E-state index >= 15 is 0 Å². The number of rotatable bonds is 1. The maximum absolute atomic E-state index is 9.86. The number of aryl methyl sites for hydroxylation is 2. The van der Waals surface area contributed by atoms with Crippen LogP contribution in [0.25, 0.3) is 0 Å². The smallest absolute Gasteiger partial charge is 0.172 e. The largest absolute Gasteiger partial charge is 0.196 e. The quantitative estimate of drug-likeness (QED) is 0.763. The number of benzene rings is 1.